The van der Waals surface area contributed by atoms with Gasteiger partial charge in [0.05, 0.1) is 31.4 Å². The highest BCUT2D eigenvalue weighted by atomic mass is 16.4. The van der Waals surface area contributed by atoms with Gasteiger partial charge in [0.25, 0.3) is 5.91 Å². The Bertz CT molecular complexity index is 1170. The summed E-state index contributed by atoms with van der Waals surface area (Å²) in [5.74, 6) is -1.31. The van der Waals surface area contributed by atoms with E-state index in [0.717, 1.165) is 5.56 Å². The number of anilines is 1. The van der Waals surface area contributed by atoms with Gasteiger partial charge in [0.2, 0.25) is 0 Å². The maximum Gasteiger partial charge on any atom is 0.305 e. The summed E-state index contributed by atoms with van der Waals surface area (Å²) in [5.41, 5.74) is 1.99. The third kappa shape index (κ3) is 4.16. The number of carboxylic acids is 1. The second-order valence-electron chi connectivity index (χ2n) is 6.60. The molecule has 0 aliphatic heterocycles. The molecule has 2 heterocycles. The highest BCUT2D eigenvalue weighted by Gasteiger charge is 2.14. The predicted octanol–water partition coefficient (Wildman–Crippen LogP) is 3.01. The Morgan fingerprint density at radius 1 is 1.03 bits per heavy atom. The number of nitrogens with zero attached hydrogens (tertiary/aromatic N) is 4. The number of hydrogen-bond donors (Lipinski definition) is 2. The second kappa shape index (κ2) is 7.97. The van der Waals surface area contributed by atoms with E-state index in [4.69, 9.17) is 5.11 Å². The topological polar surface area (TPSA) is 102 Å². The van der Waals surface area contributed by atoms with E-state index in [9.17, 15) is 9.59 Å². The van der Waals surface area contributed by atoms with Crippen molar-refractivity contribution in [3.05, 3.63) is 78.4 Å². The molecule has 0 fully saturated rings. The number of rotatable bonds is 7. The molecule has 2 aromatic heterocycles. The van der Waals surface area contributed by atoms with E-state index < -0.39 is 5.97 Å². The molecule has 8 heteroatoms. The van der Waals surface area contributed by atoms with Crippen LogP contribution < -0.4 is 5.32 Å². The standard InChI is InChI=1S/C21H19N5O3/c27-20(28)9-11-26-19(8-10-22-26)21(29)24-17-12-23-25(14-17)13-16-6-3-5-15-4-1-2-7-18(15)16/h1-8,10,12,14H,9,11,13H2,(H,24,29)(H,27,28). The zero-order valence-electron chi connectivity index (χ0n) is 15.5. The molecule has 4 rings (SSSR count). The van der Waals surface area contributed by atoms with Crippen molar-refractivity contribution in [2.75, 3.05) is 5.32 Å². The zero-order chi connectivity index (χ0) is 20.2. The van der Waals surface area contributed by atoms with Gasteiger partial charge in [-0.2, -0.15) is 10.2 Å². The van der Waals surface area contributed by atoms with Crippen molar-refractivity contribution in [1.29, 1.82) is 0 Å². The Hall–Kier alpha value is -3.94. The van der Waals surface area contributed by atoms with Crippen LogP contribution >= 0.6 is 0 Å². The summed E-state index contributed by atoms with van der Waals surface area (Å²) in [5, 5.41) is 22.3. The molecule has 1 amide bonds. The molecule has 29 heavy (non-hydrogen) atoms. The maximum absolute atomic E-state index is 12.5. The van der Waals surface area contributed by atoms with Crippen LogP contribution in [0.5, 0.6) is 0 Å². The van der Waals surface area contributed by atoms with E-state index in [-0.39, 0.29) is 18.9 Å². The van der Waals surface area contributed by atoms with Gasteiger partial charge >= 0.3 is 5.97 Å². The molecule has 2 aromatic carbocycles. The first-order chi connectivity index (χ1) is 14.1. The Kier molecular flexibility index (Phi) is 5.07. The Labute approximate surface area is 166 Å². The number of aliphatic carboxylic acids is 1. The third-order valence-electron chi connectivity index (χ3n) is 4.59. The number of aryl methyl sites for hydroxylation is 1. The molecule has 0 radical (unpaired) electrons. The van der Waals surface area contributed by atoms with Gasteiger partial charge < -0.3 is 10.4 Å². The lowest BCUT2D eigenvalue weighted by molar-refractivity contribution is -0.137. The number of carbonyl (C=O) groups is 2. The van der Waals surface area contributed by atoms with E-state index in [2.05, 4.69) is 39.8 Å². The number of fused-ring (bicyclic) bond motifs is 1. The van der Waals surface area contributed by atoms with E-state index in [1.54, 1.807) is 23.1 Å². The van der Waals surface area contributed by atoms with Gasteiger partial charge in [0, 0.05) is 12.4 Å². The smallest absolute Gasteiger partial charge is 0.305 e. The fourth-order valence-electron chi connectivity index (χ4n) is 3.22. The molecule has 146 valence electrons. The minimum Gasteiger partial charge on any atom is -0.481 e. The van der Waals surface area contributed by atoms with Crippen molar-refractivity contribution >= 4 is 28.3 Å². The van der Waals surface area contributed by atoms with Crippen molar-refractivity contribution in [2.24, 2.45) is 0 Å². The highest BCUT2D eigenvalue weighted by Crippen LogP contribution is 2.20. The van der Waals surface area contributed by atoms with Crippen LogP contribution in [0.4, 0.5) is 5.69 Å². The van der Waals surface area contributed by atoms with E-state index in [1.807, 2.05) is 18.2 Å². The van der Waals surface area contributed by atoms with Crippen LogP contribution in [0.15, 0.2) is 67.1 Å². The molecular weight excluding hydrogens is 370 g/mol. The maximum atomic E-state index is 12.5. The van der Waals surface area contributed by atoms with Crippen LogP contribution in [-0.2, 0) is 17.9 Å². The average molecular weight is 389 g/mol. The minimum absolute atomic E-state index is 0.106. The summed E-state index contributed by atoms with van der Waals surface area (Å²) in [4.78, 5) is 23.3. The van der Waals surface area contributed by atoms with E-state index in [1.165, 1.54) is 21.7 Å². The van der Waals surface area contributed by atoms with Gasteiger partial charge in [0.15, 0.2) is 0 Å². The van der Waals surface area contributed by atoms with Gasteiger partial charge in [-0.1, -0.05) is 42.5 Å². The Morgan fingerprint density at radius 2 is 1.86 bits per heavy atom. The lowest BCUT2D eigenvalue weighted by Crippen LogP contribution is -2.18. The Morgan fingerprint density at radius 3 is 2.72 bits per heavy atom. The summed E-state index contributed by atoms with van der Waals surface area (Å²) in [6, 6.07) is 15.9. The van der Waals surface area contributed by atoms with Crippen LogP contribution in [0.25, 0.3) is 10.8 Å². The quantitative estimate of drug-likeness (QED) is 0.506. The number of carboxylic acid groups (broad SMARTS) is 1. The summed E-state index contributed by atoms with van der Waals surface area (Å²) < 4.78 is 3.14. The number of nitrogens with one attached hydrogen (secondary N) is 1. The molecule has 8 nitrogen and oxygen atoms in total. The molecule has 0 saturated carbocycles. The molecular formula is C21H19N5O3. The summed E-state index contributed by atoms with van der Waals surface area (Å²) in [7, 11) is 0. The lowest BCUT2D eigenvalue weighted by Gasteiger charge is -2.07. The van der Waals surface area contributed by atoms with E-state index >= 15 is 0 Å². The molecule has 2 N–H and O–H groups in total. The molecule has 0 bridgehead atoms. The normalized spacial score (nSPS) is 10.9. The van der Waals surface area contributed by atoms with Crippen LogP contribution in [0.1, 0.15) is 22.5 Å². The average Bonchev–Trinajstić information content (AvgIpc) is 3.36. The van der Waals surface area contributed by atoms with Crippen molar-refractivity contribution in [2.45, 2.75) is 19.5 Å². The van der Waals surface area contributed by atoms with E-state index in [0.29, 0.717) is 17.9 Å². The fourth-order valence-corrected chi connectivity index (χ4v) is 3.22. The number of hydrogen-bond acceptors (Lipinski definition) is 4. The molecule has 0 aliphatic rings. The lowest BCUT2D eigenvalue weighted by atomic mass is 10.0. The summed E-state index contributed by atoms with van der Waals surface area (Å²) in [6.07, 6.45) is 4.71. The zero-order valence-corrected chi connectivity index (χ0v) is 15.5. The van der Waals surface area contributed by atoms with Crippen molar-refractivity contribution in [3.8, 4) is 0 Å². The summed E-state index contributed by atoms with van der Waals surface area (Å²) >= 11 is 0. The number of amides is 1. The van der Waals surface area contributed by atoms with Crippen LogP contribution in [0.2, 0.25) is 0 Å². The minimum atomic E-state index is -0.943. The van der Waals surface area contributed by atoms with Gasteiger partial charge in [-0.3, -0.25) is 19.0 Å². The first-order valence-electron chi connectivity index (χ1n) is 9.14. The number of aromatic nitrogens is 4. The van der Waals surface area contributed by atoms with Gasteiger partial charge in [0.1, 0.15) is 5.69 Å². The number of benzene rings is 2. The monoisotopic (exact) mass is 389 g/mol. The SMILES string of the molecule is O=C(O)CCn1nccc1C(=O)Nc1cnn(Cc2cccc3ccccc23)c1. The molecule has 0 aliphatic carbocycles. The molecule has 0 spiro atoms. The van der Waals surface area contributed by atoms with Crippen molar-refractivity contribution in [3.63, 3.8) is 0 Å². The van der Waals surface area contributed by atoms with Gasteiger partial charge in [-0.25, -0.2) is 0 Å². The number of carbonyl (C=O) groups excluding carboxylic acids is 1. The van der Waals surface area contributed by atoms with Crippen molar-refractivity contribution in [1.82, 2.24) is 19.6 Å². The van der Waals surface area contributed by atoms with Crippen LogP contribution in [-0.4, -0.2) is 36.5 Å². The van der Waals surface area contributed by atoms with Crippen molar-refractivity contribution < 1.29 is 14.7 Å². The van der Waals surface area contributed by atoms with Gasteiger partial charge in [-0.15, -0.1) is 0 Å². The Balaban J connectivity index is 1.46. The van der Waals surface area contributed by atoms with Gasteiger partial charge in [-0.05, 0) is 22.4 Å². The molecule has 0 saturated heterocycles. The first kappa shape index (κ1) is 18.4. The summed E-state index contributed by atoms with van der Waals surface area (Å²) in [6.45, 7) is 0.708. The highest BCUT2D eigenvalue weighted by molar-refractivity contribution is 6.02. The third-order valence-corrected chi connectivity index (χ3v) is 4.59. The second-order valence-corrected chi connectivity index (χ2v) is 6.60. The predicted molar refractivity (Wildman–Crippen MR) is 108 cm³/mol. The van der Waals surface area contributed by atoms with Crippen LogP contribution in [0.3, 0.4) is 0 Å². The molecule has 4 aromatic rings. The van der Waals surface area contributed by atoms with Crippen LogP contribution in [0, 0.1) is 0 Å². The first-order valence-corrected chi connectivity index (χ1v) is 9.14. The molecule has 0 unspecified atom stereocenters. The fraction of sp³-hybridized carbons (Fsp3) is 0.143. The largest absolute Gasteiger partial charge is 0.481 e. The molecule has 0 atom stereocenters.